The molecule has 0 aliphatic carbocycles. The summed E-state index contributed by atoms with van der Waals surface area (Å²) in [6.07, 6.45) is 8.56. The van der Waals surface area contributed by atoms with Crippen LogP contribution >= 0.6 is 0 Å². The van der Waals surface area contributed by atoms with Gasteiger partial charge in [-0.15, -0.1) is 0 Å². The average Bonchev–Trinajstić information content (AvgIpc) is 3.50. The molecule has 0 N–H and O–H groups in total. The lowest BCUT2D eigenvalue weighted by Gasteiger charge is -2.19. The van der Waals surface area contributed by atoms with Gasteiger partial charge in [0.2, 0.25) is 0 Å². The first-order valence-electron chi connectivity index (χ1n) is 16.5. The number of hydrogen-bond donors (Lipinski definition) is 0. The fourth-order valence-electron chi connectivity index (χ4n) is 7.35. The smallest absolute Gasteiger partial charge is 0.136 e. The Labute approximate surface area is 279 Å². The number of allylic oxidation sites excluding steroid dienone is 3. The highest BCUT2D eigenvalue weighted by Gasteiger charge is 2.18. The van der Waals surface area contributed by atoms with E-state index in [4.69, 9.17) is 4.42 Å². The quantitative estimate of drug-likeness (QED) is 0.176. The summed E-state index contributed by atoms with van der Waals surface area (Å²) >= 11 is 0. The van der Waals surface area contributed by atoms with Crippen molar-refractivity contribution in [2.75, 3.05) is 0 Å². The van der Waals surface area contributed by atoms with Crippen LogP contribution in [-0.2, 0) is 0 Å². The van der Waals surface area contributed by atoms with Gasteiger partial charge in [0.1, 0.15) is 11.2 Å². The van der Waals surface area contributed by atoms with Crippen molar-refractivity contribution in [3.63, 3.8) is 0 Å². The fraction of sp³-hybridized carbons (Fsp3) is 0.0213. The van der Waals surface area contributed by atoms with Crippen LogP contribution in [-0.4, -0.2) is 0 Å². The molecule has 0 amide bonds. The minimum atomic E-state index is 0.902. The standard InChI is InChI=1S/C47H32O/c1-2-3-5-18-35-28-43(34-23-24-40-44-27-32-16-8-9-17-33(32)29-46(44)48-45(40)30-34)39-21-12-13-22-41(39)47(35)42-26-25-36(31-14-6-4-7-15-31)37-19-10-11-20-38(37)42/h2-30H,1H3/b3-2-,18-5-. The van der Waals surface area contributed by atoms with Gasteiger partial charge in [-0.05, 0) is 109 Å². The minimum Gasteiger partial charge on any atom is -0.456 e. The predicted octanol–water partition coefficient (Wildman–Crippen LogP) is 13.6. The predicted molar refractivity (Wildman–Crippen MR) is 206 cm³/mol. The molecule has 9 rings (SSSR count). The molecule has 0 saturated heterocycles. The molecule has 1 nitrogen and oxygen atoms in total. The molecule has 1 heterocycles. The Hall–Kier alpha value is -6.18. The van der Waals surface area contributed by atoms with E-state index in [1.165, 1.54) is 65.7 Å². The van der Waals surface area contributed by atoms with E-state index in [0.29, 0.717) is 0 Å². The number of rotatable bonds is 5. The number of fused-ring (bicyclic) bond motifs is 6. The molecule has 0 saturated carbocycles. The summed E-state index contributed by atoms with van der Waals surface area (Å²) in [7, 11) is 0. The van der Waals surface area contributed by atoms with Crippen LogP contribution in [0.1, 0.15) is 12.5 Å². The van der Waals surface area contributed by atoms with Gasteiger partial charge >= 0.3 is 0 Å². The maximum absolute atomic E-state index is 6.51. The van der Waals surface area contributed by atoms with Crippen LogP contribution in [0, 0.1) is 0 Å². The van der Waals surface area contributed by atoms with E-state index in [1.54, 1.807) is 0 Å². The SMILES string of the molecule is C/C=C\C=C/c1cc(-c2ccc3c(c2)oc2cc4ccccc4cc23)c2ccccc2c1-c1ccc(-c2ccccc2)c2ccccc12. The lowest BCUT2D eigenvalue weighted by molar-refractivity contribution is 0.669. The first-order valence-corrected chi connectivity index (χ1v) is 16.5. The summed E-state index contributed by atoms with van der Waals surface area (Å²) < 4.78 is 6.51. The number of benzene rings is 8. The summed E-state index contributed by atoms with van der Waals surface area (Å²) in [6.45, 7) is 2.05. The van der Waals surface area contributed by atoms with Crippen molar-refractivity contribution in [1.82, 2.24) is 0 Å². The normalized spacial score (nSPS) is 12.1. The minimum absolute atomic E-state index is 0.902. The molecule has 226 valence electrons. The van der Waals surface area contributed by atoms with Crippen molar-refractivity contribution in [1.29, 1.82) is 0 Å². The van der Waals surface area contributed by atoms with Gasteiger partial charge < -0.3 is 4.42 Å². The summed E-state index contributed by atoms with van der Waals surface area (Å²) in [5, 5.41) is 9.63. The lowest BCUT2D eigenvalue weighted by atomic mass is 9.85. The van der Waals surface area contributed by atoms with Gasteiger partial charge in [0.15, 0.2) is 0 Å². The Morgan fingerprint density at radius 3 is 1.81 bits per heavy atom. The van der Waals surface area contributed by atoms with Gasteiger partial charge in [0.05, 0.1) is 0 Å². The maximum Gasteiger partial charge on any atom is 0.136 e. The second-order valence-electron chi connectivity index (χ2n) is 12.4. The molecule has 0 aliphatic heterocycles. The second kappa shape index (κ2) is 11.6. The van der Waals surface area contributed by atoms with E-state index >= 15 is 0 Å². The monoisotopic (exact) mass is 612 g/mol. The number of furan rings is 1. The third-order valence-corrected chi connectivity index (χ3v) is 9.58. The molecule has 0 unspecified atom stereocenters. The highest BCUT2D eigenvalue weighted by molar-refractivity contribution is 6.15. The largest absolute Gasteiger partial charge is 0.456 e. The Morgan fingerprint density at radius 2 is 1.04 bits per heavy atom. The maximum atomic E-state index is 6.51. The molecule has 0 radical (unpaired) electrons. The highest BCUT2D eigenvalue weighted by Crippen LogP contribution is 2.44. The van der Waals surface area contributed by atoms with E-state index in [0.717, 1.165) is 27.5 Å². The van der Waals surface area contributed by atoms with Gasteiger partial charge in [-0.3, -0.25) is 0 Å². The van der Waals surface area contributed by atoms with E-state index in [9.17, 15) is 0 Å². The lowest BCUT2D eigenvalue weighted by Crippen LogP contribution is -1.93. The zero-order chi connectivity index (χ0) is 32.0. The number of hydrogen-bond acceptors (Lipinski definition) is 1. The molecule has 1 aromatic heterocycles. The third-order valence-electron chi connectivity index (χ3n) is 9.58. The molecule has 0 spiro atoms. The van der Waals surface area contributed by atoms with E-state index in [-0.39, 0.29) is 0 Å². The van der Waals surface area contributed by atoms with Crippen molar-refractivity contribution in [2.24, 2.45) is 0 Å². The van der Waals surface area contributed by atoms with Crippen LogP contribution in [0.5, 0.6) is 0 Å². The van der Waals surface area contributed by atoms with Crippen molar-refractivity contribution in [3.05, 3.63) is 175 Å². The molecule has 9 aromatic rings. The van der Waals surface area contributed by atoms with Crippen molar-refractivity contribution in [2.45, 2.75) is 6.92 Å². The van der Waals surface area contributed by atoms with E-state index < -0.39 is 0 Å². The highest BCUT2D eigenvalue weighted by atomic mass is 16.3. The first kappa shape index (κ1) is 28.1. The molecule has 1 heteroatoms. The fourth-order valence-corrected chi connectivity index (χ4v) is 7.35. The van der Waals surface area contributed by atoms with Crippen LogP contribution in [0.4, 0.5) is 0 Å². The molecule has 0 atom stereocenters. The molecular weight excluding hydrogens is 581 g/mol. The van der Waals surface area contributed by atoms with Crippen molar-refractivity contribution < 1.29 is 4.42 Å². The van der Waals surface area contributed by atoms with Crippen LogP contribution < -0.4 is 0 Å². The molecule has 8 aromatic carbocycles. The van der Waals surface area contributed by atoms with Crippen LogP contribution in [0.2, 0.25) is 0 Å². The van der Waals surface area contributed by atoms with Gasteiger partial charge in [0, 0.05) is 10.8 Å². The van der Waals surface area contributed by atoms with Gasteiger partial charge in [-0.25, -0.2) is 0 Å². The van der Waals surface area contributed by atoms with Crippen LogP contribution in [0.3, 0.4) is 0 Å². The van der Waals surface area contributed by atoms with Crippen molar-refractivity contribution >= 4 is 60.3 Å². The zero-order valence-electron chi connectivity index (χ0n) is 26.7. The summed E-state index contributed by atoms with van der Waals surface area (Å²) in [6, 6.07) is 54.8. The molecule has 48 heavy (non-hydrogen) atoms. The molecular formula is C47H32O. The Kier molecular flexibility index (Phi) is 6.76. The van der Waals surface area contributed by atoms with Crippen LogP contribution in [0.15, 0.2) is 174 Å². The molecule has 0 aliphatic rings. The summed E-state index contributed by atoms with van der Waals surface area (Å²) in [5.41, 5.74) is 10.3. The Balaban J connectivity index is 1.29. The summed E-state index contributed by atoms with van der Waals surface area (Å²) in [5.74, 6) is 0. The molecule has 0 bridgehead atoms. The first-order chi connectivity index (χ1) is 23.8. The van der Waals surface area contributed by atoms with E-state index in [2.05, 4.69) is 183 Å². The Bertz CT molecular complexity index is 2720. The third kappa shape index (κ3) is 4.63. The Morgan fingerprint density at radius 1 is 0.417 bits per heavy atom. The topological polar surface area (TPSA) is 13.1 Å². The summed E-state index contributed by atoms with van der Waals surface area (Å²) in [4.78, 5) is 0. The average molecular weight is 613 g/mol. The van der Waals surface area contributed by atoms with Gasteiger partial charge in [-0.1, -0.05) is 146 Å². The molecule has 0 fully saturated rings. The van der Waals surface area contributed by atoms with Gasteiger partial charge in [-0.2, -0.15) is 0 Å². The van der Waals surface area contributed by atoms with Gasteiger partial charge in [0.25, 0.3) is 0 Å². The van der Waals surface area contributed by atoms with Crippen molar-refractivity contribution in [3.8, 4) is 33.4 Å². The van der Waals surface area contributed by atoms with Crippen LogP contribution in [0.25, 0.3) is 93.7 Å². The second-order valence-corrected chi connectivity index (χ2v) is 12.4. The zero-order valence-corrected chi connectivity index (χ0v) is 26.7. The van der Waals surface area contributed by atoms with E-state index in [1.807, 2.05) is 0 Å².